The summed E-state index contributed by atoms with van der Waals surface area (Å²) in [7, 11) is 0. The summed E-state index contributed by atoms with van der Waals surface area (Å²) in [5.41, 5.74) is 0.926. The molecule has 1 atom stereocenters. The normalized spacial score (nSPS) is 16.6. The number of hydrogen-bond donors (Lipinski definition) is 0. The van der Waals surface area contributed by atoms with Crippen LogP contribution in [0.2, 0.25) is 10.0 Å². The number of ketones is 1. The fourth-order valence-electron chi connectivity index (χ4n) is 2.75. The summed E-state index contributed by atoms with van der Waals surface area (Å²) in [6.07, 6.45) is 0.00119. The Hall–Kier alpha value is -2.37. The van der Waals surface area contributed by atoms with Crippen LogP contribution in [0.5, 0.6) is 0 Å². The number of ether oxygens (including phenoxy) is 1. The van der Waals surface area contributed by atoms with Crippen molar-refractivity contribution in [2.75, 3.05) is 18.1 Å². The Kier molecular flexibility index (Phi) is 5.59. The zero-order chi connectivity index (χ0) is 18.7. The third-order valence-electron chi connectivity index (χ3n) is 4.10. The summed E-state index contributed by atoms with van der Waals surface area (Å²) in [5, 5.41) is 0.813. The third kappa shape index (κ3) is 4.06. The molecule has 1 heterocycles. The van der Waals surface area contributed by atoms with E-state index in [1.54, 1.807) is 48.5 Å². The maximum atomic E-state index is 12.3. The molecule has 1 aliphatic rings. The zero-order valence-corrected chi connectivity index (χ0v) is 15.2. The van der Waals surface area contributed by atoms with Gasteiger partial charge in [-0.2, -0.15) is 0 Å². The number of Topliss-reactive ketones (excluding diaryl/α,β-unsaturated/α-hetero) is 1. The van der Waals surface area contributed by atoms with Gasteiger partial charge in [-0.3, -0.25) is 14.4 Å². The van der Waals surface area contributed by atoms with E-state index in [1.807, 2.05) is 0 Å². The van der Waals surface area contributed by atoms with Crippen LogP contribution in [0.1, 0.15) is 16.8 Å². The van der Waals surface area contributed by atoms with Gasteiger partial charge in [-0.25, -0.2) is 0 Å². The van der Waals surface area contributed by atoms with Crippen LogP contribution in [-0.2, 0) is 14.3 Å². The van der Waals surface area contributed by atoms with Gasteiger partial charge in [0.1, 0.15) is 0 Å². The average molecular weight is 392 g/mol. The largest absolute Gasteiger partial charge is 0.457 e. The van der Waals surface area contributed by atoms with Gasteiger partial charge < -0.3 is 9.64 Å². The first-order valence-corrected chi connectivity index (χ1v) is 8.71. The summed E-state index contributed by atoms with van der Waals surface area (Å²) in [5.74, 6) is -1.77. The third-order valence-corrected chi connectivity index (χ3v) is 4.65. The highest BCUT2D eigenvalue weighted by molar-refractivity contribution is 6.35. The van der Waals surface area contributed by atoms with E-state index < -0.39 is 11.9 Å². The van der Waals surface area contributed by atoms with Gasteiger partial charge in [-0.15, -0.1) is 0 Å². The highest BCUT2D eigenvalue weighted by atomic mass is 35.5. The van der Waals surface area contributed by atoms with Crippen molar-refractivity contribution < 1.29 is 19.1 Å². The Labute approximate surface area is 160 Å². The number of esters is 1. The molecule has 7 heteroatoms. The van der Waals surface area contributed by atoms with E-state index in [4.69, 9.17) is 27.9 Å². The summed E-state index contributed by atoms with van der Waals surface area (Å²) in [6, 6.07) is 13.4. The van der Waals surface area contributed by atoms with Gasteiger partial charge in [0.05, 0.1) is 16.6 Å². The number of nitrogens with zero attached hydrogens (tertiary/aromatic N) is 1. The van der Waals surface area contributed by atoms with Crippen LogP contribution in [0, 0.1) is 5.92 Å². The molecule has 1 aliphatic heterocycles. The molecular weight excluding hydrogens is 377 g/mol. The van der Waals surface area contributed by atoms with Crippen LogP contribution in [0.25, 0.3) is 0 Å². The Balaban J connectivity index is 1.62. The SMILES string of the molecule is O=C(COC(=O)C1CC(=O)N(c2cc(Cl)ccc2Cl)C1)c1ccccc1. The van der Waals surface area contributed by atoms with Gasteiger partial charge in [0, 0.05) is 23.6 Å². The van der Waals surface area contributed by atoms with Crippen molar-refractivity contribution in [3.63, 3.8) is 0 Å². The molecule has 1 amide bonds. The topological polar surface area (TPSA) is 63.7 Å². The van der Waals surface area contributed by atoms with Crippen LogP contribution in [0.4, 0.5) is 5.69 Å². The predicted octanol–water partition coefficient (Wildman–Crippen LogP) is 3.77. The van der Waals surface area contributed by atoms with E-state index in [0.717, 1.165) is 0 Å². The second-order valence-electron chi connectivity index (χ2n) is 5.90. The molecule has 1 saturated heterocycles. The fourth-order valence-corrected chi connectivity index (χ4v) is 3.14. The minimum absolute atomic E-state index is 0.00119. The number of carbonyl (C=O) groups excluding carboxylic acids is 3. The van der Waals surface area contributed by atoms with Crippen molar-refractivity contribution in [2.45, 2.75) is 6.42 Å². The number of anilines is 1. The van der Waals surface area contributed by atoms with Crippen LogP contribution in [-0.4, -0.2) is 30.8 Å². The van der Waals surface area contributed by atoms with Gasteiger partial charge in [-0.1, -0.05) is 53.5 Å². The van der Waals surface area contributed by atoms with E-state index in [9.17, 15) is 14.4 Å². The second-order valence-corrected chi connectivity index (χ2v) is 6.74. The Bertz CT molecular complexity index is 854. The molecule has 0 aromatic heterocycles. The molecule has 1 fully saturated rings. The van der Waals surface area contributed by atoms with Gasteiger partial charge in [0.25, 0.3) is 0 Å². The molecule has 3 rings (SSSR count). The Morgan fingerprint density at radius 2 is 1.85 bits per heavy atom. The lowest BCUT2D eigenvalue weighted by atomic mass is 10.1. The first-order valence-electron chi connectivity index (χ1n) is 7.96. The van der Waals surface area contributed by atoms with E-state index in [2.05, 4.69) is 0 Å². The first-order chi connectivity index (χ1) is 12.5. The summed E-state index contributed by atoms with van der Waals surface area (Å²) < 4.78 is 5.10. The first kappa shape index (κ1) is 18.4. The van der Waals surface area contributed by atoms with E-state index >= 15 is 0 Å². The lowest BCUT2D eigenvalue weighted by molar-refractivity contribution is -0.147. The molecule has 26 heavy (non-hydrogen) atoms. The van der Waals surface area contributed by atoms with Crippen molar-refractivity contribution in [3.8, 4) is 0 Å². The van der Waals surface area contributed by atoms with Crippen molar-refractivity contribution in [2.24, 2.45) is 5.92 Å². The number of amides is 1. The lowest BCUT2D eigenvalue weighted by Crippen LogP contribution is -2.27. The smallest absolute Gasteiger partial charge is 0.311 e. The summed E-state index contributed by atoms with van der Waals surface area (Å²) in [4.78, 5) is 37.9. The molecule has 0 radical (unpaired) electrons. The van der Waals surface area contributed by atoms with E-state index in [-0.39, 0.29) is 31.3 Å². The lowest BCUT2D eigenvalue weighted by Gasteiger charge is -2.18. The molecule has 0 bridgehead atoms. The Morgan fingerprint density at radius 1 is 1.12 bits per heavy atom. The highest BCUT2D eigenvalue weighted by Crippen LogP contribution is 2.33. The monoisotopic (exact) mass is 391 g/mol. The standard InChI is InChI=1S/C19H15Cl2NO4/c20-14-6-7-15(21)16(9-14)22-10-13(8-18(22)24)19(25)26-11-17(23)12-4-2-1-3-5-12/h1-7,9,13H,8,10-11H2. The summed E-state index contributed by atoms with van der Waals surface area (Å²) >= 11 is 12.1. The van der Waals surface area contributed by atoms with Crippen LogP contribution in [0.3, 0.4) is 0 Å². The van der Waals surface area contributed by atoms with Crippen molar-refractivity contribution in [1.29, 1.82) is 0 Å². The molecule has 134 valence electrons. The van der Waals surface area contributed by atoms with Crippen molar-refractivity contribution >= 4 is 46.5 Å². The maximum absolute atomic E-state index is 12.3. The van der Waals surface area contributed by atoms with Crippen molar-refractivity contribution in [1.82, 2.24) is 0 Å². The van der Waals surface area contributed by atoms with Gasteiger partial charge in [0.2, 0.25) is 5.91 Å². The number of hydrogen-bond acceptors (Lipinski definition) is 4. The predicted molar refractivity (Wildman–Crippen MR) is 98.7 cm³/mol. The molecule has 0 N–H and O–H groups in total. The molecule has 0 saturated carbocycles. The minimum atomic E-state index is -0.652. The zero-order valence-electron chi connectivity index (χ0n) is 13.7. The van der Waals surface area contributed by atoms with Gasteiger partial charge in [0.15, 0.2) is 12.4 Å². The van der Waals surface area contributed by atoms with E-state index in [1.165, 1.54) is 4.90 Å². The molecule has 1 unspecified atom stereocenters. The number of benzene rings is 2. The minimum Gasteiger partial charge on any atom is -0.457 e. The van der Waals surface area contributed by atoms with E-state index in [0.29, 0.717) is 21.3 Å². The number of carbonyl (C=O) groups is 3. The maximum Gasteiger partial charge on any atom is 0.311 e. The average Bonchev–Trinajstić information content (AvgIpc) is 3.03. The molecule has 5 nitrogen and oxygen atoms in total. The molecule has 0 aliphatic carbocycles. The number of rotatable bonds is 5. The van der Waals surface area contributed by atoms with Crippen molar-refractivity contribution in [3.05, 3.63) is 64.1 Å². The van der Waals surface area contributed by atoms with Crippen LogP contribution < -0.4 is 4.90 Å². The number of halogens is 2. The fraction of sp³-hybridized carbons (Fsp3) is 0.211. The highest BCUT2D eigenvalue weighted by Gasteiger charge is 2.37. The van der Waals surface area contributed by atoms with Crippen LogP contribution in [0.15, 0.2) is 48.5 Å². The molecular formula is C19H15Cl2NO4. The Morgan fingerprint density at radius 3 is 2.58 bits per heavy atom. The quantitative estimate of drug-likeness (QED) is 0.574. The molecule has 0 spiro atoms. The molecule has 2 aromatic rings. The van der Waals surface area contributed by atoms with Gasteiger partial charge >= 0.3 is 5.97 Å². The summed E-state index contributed by atoms with van der Waals surface area (Å²) in [6.45, 7) is -0.220. The second kappa shape index (κ2) is 7.89. The van der Waals surface area contributed by atoms with Gasteiger partial charge in [-0.05, 0) is 18.2 Å². The van der Waals surface area contributed by atoms with Crippen LogP contribution >= 0.6 is 23.2 Å². The molecule has 2 aromatic carbocycles.